The molecule has 2 heterocycles. The normalized spacial score (nSPS) is 20.9. The molecule has 0 saturated carbocycles. The molecule has 0 aliphatic carbocycles. The zero-order chi connectivity index (χ0) is 17.4. The average Bonchev–Trinajstić information content (AvgIpc) is 2.93. The summed E-state index contributed by atoms with van der Waals surface area (Å²) in [6.45, 7) is 8.75. The van der Waals surface area contributed by atoms with Gasteiger partial charge in [-0.15, -0.1) is 0 Å². The Kier molecular flexibility index (Phi) is 4.89. The molecule has 1 unspecified atom stereocenters. The monoisotopic (exact) mass is 322 g/mol. The highest BCUT2D eigenvalue weighted by Crippen LogP contribution is 2.36. The summed E-state index contributed by atoms with van der Waals surface area (Å²) in [6, 6.07) is -0.478. The van der Waals surface area contributed by atoms with Crippen LogP contribution in [-0.2, 0) is 14.1 Å². The van der Waals surface area contributed by atoms with Crippen LogP contribution in [0.3, 0.4) is 0 Å². The number of nitrogens with zero attached hydrogens (tertiary/aromatic N) is 3. The Morgan fingerprint density at radius 1 is 1.35 bits per heavy atom. The number of amides is 1. The third-order valence-electron chi connectivity index (χ3n) is 4.64. The number of carbonyl (C=O) groups is 1. The smallest absolute Gasteiger partial charge is 0.399 e. The van der Waals surface area contributed by atoms with Crippen molar-refractivity contribution in [2.75, 3.05) is 20.6 Å². The van der Waals surface area contributed by atoms with Gasteiger partial charge in [-0.2, -0.15) is 5.10 Å². The highest BCUT2D eigenvalue weighted by Gasteiger charge is 2.52. The van der Waals surface area contributed by atoms with Gasteiger partial charge in [0, 0.05) is 24.4 Å². The number of hydrogen-bond donors (Lipinski definition) is 1. The molecule has 1 aromatic heterocycles. The van der Waals surface area contributed by atoms with Crippen LogP contribution in [-0.4, -0.2) is 59.5 Å². The Bertz CT molecular complexity index is 555. The Labute approximate surface area is 138 Å². The standard InChI is InChI=1S/C15H27BN4O3/c1-14(2)15(3,4)23-16(22-14)11-9-18-20(10-11)12(13(17)21)7-8-19(5)6/h9-10,12H,7-8H2,1-6H3,(H2,17,21). The summed E-state index contributed by atoms with van der Waals surface area (Å²) >= 11 is 0. The van der Waals surface area contributed by atoms with Crippen molar-refractivity contribution in [1.29, 1.82) is 0 Å². The predicted molar refractivity (Wildman–Crippen MR) is 89.3 cm³/mol. The molecule has 0 spiro atoms. The Hall–Kier alpha value is -1.38. The van der Waals surface area contributed by atoms with Crippen LogP contribution >= 0.6 is 0 Å². The van der Waals surface area contributed by atoms with E-state index in [2.05, 4.69) is 5.10 Å². The third-order valence-corrected chi connectivity index (χ3v) is 4.64. The molecule has 1 atom stereocenters. The highest BCUT2D eigenvalue weighted by molar-refractivity contribution is 6.62. The lowest BCUT2D eigenvalue weighted by molar-refractivity contribution is -0.121. The Balaban J connectivity index is 2.15. The molecule has 1 saturated heterocycles. The van der Waals surface area contributed by atoms with E-state index in [1.165, 1.54) is 0 Å². The summed E-state index contributed by atoms with van der Waals surface area (Å²) in [5, 5.41) is 4.29. The second-order valence-electron chi connectivity index (χ2n) is 7.35. The quantitative estimate of drug-likeness (QED) is 0.755. The van der Waals surface area contributed by atoms with Gasteiger partial charge in [-0.25, -0.2) is 0 Å². The lowest BCUT2D eigenvalue weighted by atomic mass is 9.82. The molecule has 1 aliphatic heterocycles. The van der Waals surface area contributed by atoms with Crippen LogP contribution < -0.4 is 11.2 Å². The van der Waals surface area contributed by atoms with Crippen LogP contribution in [0, 0.1) is 0 Å². The zero-order valence-electron chi connectivity index (χ0n) is 14.9. The molecule has 0 bridgehead atoms. The van der Waals surface area contributed by atoms with Crippen LogP contribution in [0.4, 0.5) is 0 Å². The van der Waals surface area contributed by atoms with Crippen molar-refractivity contribution in [2.24, 2.45) is 5.73 Å². The molecule has 1 amide bonds. The van der Waals surface area contributed by atoms with E-state index in [0.717, 1.165) is 12.0 Å². The van der Waals surface area contributed by atoms with Crippen molar-refractivity contribution in [3.05, 3.63) is 12.4 Å². The van der Waals surface area contributed by atoms with Crippen LogP contribution in [0.2, 0.25) is 0 Å². The molecule has 8 heteroatoms. The molecule has 1 aromatic rings. The fraction of sp³-hybridized carbons (Fsp3) is 0.733. The molecular weight excluding hydrogens is 295 g/mol. The number of carbonyl (C=O) groups excluding carboxylic acids is 1. The zero-order valence-corrected chi connectivity index (χ0v) is 14.9. The molecule has 23 heavy (non-hydrogen) atoms. The van der Waals surface area contributed by atoms with E-state index in [-0.39, 0.29) is 0 Å². The van der Waals surface area contributed by atoms with Crippen molar-refractivity contribution in [3.63, 3.8) is 0 Å². The average molecular weight is 322 g/mol. The summed E-state index contributed by atoms with van der Waals surface area (Å²) < 4.78 is 13.6. The molecule has 2 rings (SSSR count). The molecule has 0 radical (unpaired) electrons. The topological polar surface area (TPSA) is 82.6 Å². The number of nitrogens with two attached hydrogens (primary N) is 1. The first-order chi connectivity index (χ1) is 10.5. The Morgan fingerprint density at radius 2 is 1.91 bits per heavy atom. The largest absolute Gasteiger partial charge is 0.498 e. The third kappa shape index (κ3) is 3.76. The lowest BCUT2D eigenvalue weighted by Crippen LogP contribution is -2.41. The molecule has 7 nitrogen and oxygen atoms in total. The van der Waals surface area contributed by atoms with E-state index in [9.17, 15) is 4.79 Å². The van der Waals surface area contributed by atoms with Gasteiger partial charge in [-0.1, -0.05) is 0 Å². The van der Waals surface area contributed by atoms with E-state index in [0.29, 0.717) is 6.42 Å². The van der Waals surface area contributed by atoms with Crippen molar-refractivity contribution < 1.29 is 14.1 Å². The maximum atomic E-state index is 11.7. The molecular formula is C15H27BN4O3. The van der Waals surface area contributed by atoms with Gasteiger partial charge in [-0.05, 0) is 48.2 Å². The van der Waals surface area contributed by atoms with Gasteiger partial charge in [0.1, 0.15) is 6.04 Å². The first kappa shape index (κ1) is 18.0. The number of hydrogen-bond acceptors (Lipinski definition) is 5. The fourth-order valence-corrected chi connectivity index (χ4v) is 2.41. The minimum atomic E-state index is -0.490. The fourth-order valence-electron chi connectivity index (χ4n) is 2.41. The van der Waals surface area contributed by atoms with E-state index in [1.54, 1.807) is 17.1 Å². The Morgan fingerprint density at radius 3 is 2.39 bits per heavy atom. The van der Waals surface area contributed by atoms with Crippen molar-refractivity contribution in [3.8, 4) is 0 Å². The molecule has 128 valence electrons. The van der Waals surface area contributed by atoms with Crippen molar-refractivity contribution in [2.45, 2.75) is 51.4 Å². The second kappa shape index (κ2) is 6.26. The van der Waals surface area contributed by atoms with E-state index < -0.39 is 30.3 Å². The number of primary amides is 1. The first-order valence-corrected chi connectivity index (χ1v) is 7.87. The van der Waals surface area contributed by atoms with Gasteiger partial charge in [-0.3, -0.25) is 9.48 Å². The number of rotatable bonds is 6. The summed E-state index contributed by atoms with van der Waals surface area (Å²) in [4.78, 5) is 13.7. The molecule has 1 aliphatic rings. The maximum Gasteiger partial charge on any atom is 0.498 e. The first-order valence-electron chi connectivity index (χ1n) is 7.87. The number of aromatic nitrogens is 2. The van der Waals surface area contributed by atoms with Gasteiger partial charge in [0.25, 0.3) is 0 Å². The van der Waals surface area contributed by atoms with Crippen molar-refractivity contribution in [1.82, 2.24) is 14.7 Å². The van der Waals surface area contributed by atoms with E-state index in [1.807, 2.05) is 46.7 Å². The maximum absolute atomic E-state index is 11.7. The van der Waals surface area contributed by atoms with Gasteiger partial charge >= 0.3 is 7.12 Å². The van der Waals surface area contributed by atoms with Crippen LogP contribution in [0.15, 0.2) is 12.4 Å². The van der Waals surface area contributed by atoms with E-state index in [4.69, 9.17) is 15.0 Å². The minimum absolute atomic E-state index is 0.393. The van der Waals surface area contributed by atoms with E-state index >= 15 is 0 Å². The summed E-state index contributed by atoms with van der Waals surface area (Å²) in [6.07, 6.45) is 4.06. The van der Waals surface area contributed by atoms with Crippen molar-refractivity contribution >= 4 is 18.5 Å². The van der Waals surface area contributed by atoms with Crippen LogP contribution in [0.1, 0.15) is 40.2 Å². The minimum Gasteiger partial charge on any atom is -0.399 e. The SMILES string of the molecule is CN(C)CCC(C(N)=O)n1cc(B2OC(C)(C)C(C)(C)O2)cn1. The van der Waals surface area contributed by atoms with Gasteiger partial charge < -0.3 is 19.9 Å². The van der Waals surface area contributed by atoms with Gasteiger partial charge in [0.15, 0.2) is 0 Å². The summed E-state index contributed by atoms with van der Waals surface area (Å²) in [5.74, 6) is -0.393. The summed E-state index contributed by atoms with van der Waals surface area (Å²) in [7, 11) is 3.42. The molecule has 2 N–H and O–H groups in total. The highest BCUT2D eigenvalue weighted by atomic mass is 16.7. The molecule has 0 aromatic carbocycles. The van der Waals surface area contributed by atoms with Gasteiger partial charge in [0.2, 0.25) is 5.91 Å². The lowest BCUT2D eigenvalue weighted by Gasteiger charge is -2.32. The van der Waals surface area contributed by atoms with Crippen LogP contribution in [0.25, 0.3) is 0 Å². The molecule has 1 fully saturated rings. The second-order valence-corrected chi connectivity index (χ2v) is 7.35. The van der Waals surface area contributed by atoms with Crippen LogP contribution in [0.5, 0.6) is 0 Å². The van der Waals surface area contributed by atoms with Gasteiger partial charge in [0.05, 0.1) is 11.2 Å². The predicted octanol–water partition coefficient (Wildman–Crippen LogP) is 0.160. The summed E-state index contributed by atoms with van der Waals surface area (Å²) in [5.41, 5.74) is 5.50.